The van der Waals surface area contributed by atoms with E-state index in [1.54, 1.807) is 0 Å². The molecule has 1 saturated heterocycles. The Kier molecular flexibility index (Phi) is 1.97. The van der Waals surface area contributed by atoms with Crippen molar-refractivity contribution in [1.82, 2.24) is 5.32 Å². The summed E-state index contributed by atoms with van der Waals surface area (Å²) in [5.41, 5.74) is 0. The zero-order valence-corrected chi connectivity index (χ0v) is 4.76. The Bertz CT molecular complexity index is 78.5. The molecule has 1 unspecified atom stereocenters. The van der Waals surface area contributed by atoms with Gasteiger partial charge in [-0.25, -0.2) is 0 Å². The first-order chi connectivity index (χ1) is 3.93. The van der Waals surface area contributed by atoms with Crippen molar-refractivity contribution in [3.8, 4) is 0 Å². The summed E-state index contributed by atoms with van der Waals surface area (Å²) in [5, 5.41) is 5.97. The zero-order valence-electron chi connectivity index (χ0n) is 4.76. The van der Waals surface area contributed by atoms with Gasteiger partial charge in [0.2, 0.25) is 0 Å². The second kappa shape index (κ2) is 2.77. The summed E-state index contributed by atoms with van der Waals surface area (Å²) in [4.78, 5) is 9.67. The molecule has 1 fully saturated rings. The van der Waals surface area contributed by atoms with Gasteiger partial charge < -0.3 is 5.32 Å². The molecule has 1 aliphatic rings. The van der Waals surface area contributed by atoms with E-state index in [4.69, 9.17) is 0 Å². The van der Waals surface area contributed by atoms with E-state index < -0.39 is 0 Å². The van der Waals surface area contributed by atoms with E-state index in [1.165, 1.54) is 6.42 Å². The largest absolute Gasteiger partial charge is 0.312 e. The van der Waals surface area contributed by atoms with Gasteiger partial charge in [-0.2, -0.15) is 4.91 Å². The lowest BCUT2D eigenvalue weighted by Crippen LogP contribution is -2.23. The highest BCUT2D eigenvalue weighted by molar-refractivity contribution is 4.75. The third-order valence-electron chi connectivity index (χ3n) is 1.46. The Labute approximate surface area is 48.4 Å². The summed E-state index contributed by atoms with van der Waals surface area (Å²) in [5.74, 6) is 0. The quantitative estimate of drug-likeness (QED) is 0.531. The van der Waals surface area contributed by atoms with Gasteiger partial charge >= 0.3 is 0 Å². The molecular formula is C5H10N2O. The number of hydrogen-bond donors (Lipinski definition) is 1. The van der Waals surface area contributed by atoms with Crippen molar-refractivity contribution in [2.45, 2.75) is 18.9 Å². The van der Waals surface area contributed by atoms with Crippen LogP contribution in [0.5, 0.6) is 0 Å². The fourth-order valence-corrected chi connectivity index (χ4v) is 1.00. The van der Waals surface area contributed by atoms with Crippen molar-refractivity contribution in [1.29, 1.82) is 0 Å². The van der Waals surface area contributed by atoms with Gasteiger partial charge in [-0.05, 0) is 19.4 Å². The van der Waals surface area contributed by atoms with Crippen molar-refractivity contribution >= 4 is 0 Å². The predicted molar refractivity (Wildman–Crippen MR) is 31.7 cm³/mol. The number of nitrogens with one attached hydrogen (secondary N) is 1. The lowest BCUT2D eigenvalue weighted by atomic mass is 10.2. The summed E-state index contributed by atoms with van der Waals surface area (Å²) in [6.07, 6.45) is 2.31. The number of nitroso groups, excluding NO2 is 1. The van der Waals surface area contributed by atoms with Crippen LogP contribution in [0.15, 0.2) is 5.18 Å². The van der Waals surface area contributed by atoms with Crippen molar-refractivity contribution in [3.63, 3.8) is 0 Å². The van der Waals surface area contributed by atoms with Crippen molar-refractivity contribution in [2.75, 3.05) is 13.1 Å². The number of nitrogens with zero attached hydrogens (tertiary/aromatic N) is 1. The third-order valence-corrected chi connectivity index (χ3v) is 1.46. The van der Waals surface area contributed by atoms with E-state index in [9.17, 15) is 4.91 Å². The average molecular weight is 114 g/mol. The van der Waals surface area contributed by atoms with Crippen LogP contribution in [0.1, 0.15) is 12.8 Å². The van der Waals surface area contributed by atoms with Gasteiger partial charge in [0, 0.05) is 6.04 Å². The van der Waals surface area contributed by atoms with Gasteiger partial charge in [0.25, 0.3) is 0 Å². The fraction of sp³-hybridized carbons (Fsp3) is 1.00. The molecule has 1 heterocycles. The van der Waals surface area contributed by atoms with E-state index in [-0.39, 0.29) is 0 Å². The van der Waals surface area contributed by atoms with Crippen molar-refractivity contribution < 1.29 is 0 Å². The van der Waals surface area contributed by atoms with Crippen LogP contribution in [0.25, 0.3) is 0 Å². The van der Waals surface area contributed by atoms with Crippen LogP contribution in [-0.4, -0.2) is 19.1 Å². The van der Waals surface area contributed by atoms with E-state index in [1.807, 2.05) is 0 Å². The Morgan fingerprint density at radius 3 is 3.12 bits per heavy atom. The van der Waals surface area contributed by atoms with Crippen LogP contribution in [0.3, 0.4) is 0 Å². The normalized spacial score (nSPS) is 28.2. The number of hydrogen-bond acceptors (Lipinski definition) is 3. The minimum atomic E-state index is 0.382. The van der Waals surface area contributed by atoms with Crippen LogP contribution in [0.4, 0.5) is 0 Å². The molecule has 3 heteroatoms. The maximum Gasteiger partial charge on any atom is 0.0964 e. The van der Waals surface area contributed by atoms with Crippen LogP contribution < -0.4 is 5.32 Å². The second-order valence-electron chi connectivity index (χ2n) is 2.10. The van der Waals surface area contributed by atoms with E-state index in [0.29, 0.717) is 12.6 Å². The van der Waals surface area contributed by atoms with Gasteiger partial charge in [-0.15, -0.1) is 0 Å². The molecule has 46 valence electrons. The molecule has 8 heavy (non-hydrogen) atoms. The van der Waals surface area contributed by atoms with Crippen LogP contribution >= 0.6 is 0 Å². The highest BCUT2D eigenvalue weighted by Gasteiger charge is 2.12. The standard InChI is InChI=1S/C5H10N2O/c8-7-4-5-2-1-3-6-5/h5-6H,1-4H2. The molecule has 0 bridgehead atoms. The second-order valence-corrected chi connectivity index (χ2v) is 2.10. The van der Waals surface area contributed by atoms with Gasteiger partial charge in [-0.3, -0.25) is 0 Å². The summed E-state index contributed by atoms with van der Waals surface area (Å²) in [7, 11) is 0. The minimum absolute atomic E-state index is 0.382. The molecule has 3 nitrogen and oxygen atoms in total. The smallest absolute Gasteiger partial charge is 0.0964 e. The van der Waals surface area contributed by atoms with Crippen LogP contribution in [0.2, 0.25) is 0 Å². The summed E-state index contributed by atoms with van der Waals surface area (Å²) in [6.45, 7) is 1.50. The molecule has 1 aliphatic heterocycles. The summed E-state index contributed by atoms with van der Waals surface area (Å²) >= 11 is 0. The molecule has 0 amide bonds. The topological polar surface area (TPSA) is 41.5 Å². The summed E-state index contributed by atoms with van der Waals surface area (Å²) in [6, 6.07) is 0.382. The maximum absolute atomic E-state index is 9.67. The SMILES string of the molecule is O=NCC1CCCN1. The molecule has 0 spiro atoms. The Morgan fingerprint density at radius 1 is 1.75 bits per heavy atom. The first kappa shape index (κ1) is 5.69. The molecule has 1 N–H and O–H groups in total. The summed E-state index contributed by atoms with van der Waals surface area (Å²) < 4.78 is 0. The van der Waals surface area contributed by atoms with Gasteiger partial charge in [0.1, 0.15) is 0 Å². The molecule has 0 saturated carbocycles. The van der Waals surface area contributed by atoms with Gasteiger partial charge in [0.05, 0.1) is 6.54 Å². The number of rotatable bonds is 2. The van der Waals surface area contributed by atoms with Gasteiger partial charge in [0.15, 0.2) is 0 Å². The Balaban J connectivity index is 2.14. The molecule has 0 aromatic heterocycles. The first-order valence-electron chi connectivity index (χ1n) is 2.96. The Morgan fingerprint density at radius 2 is 2.62 bits per heavy atom. The van der Waals surface area contributed by atoms with Crippen LogP contribution in [0, 0.1) is 4.91 Å². The van der Waals surface area contributed by atoms with Gasteiger partial charge in [-0.1, -0.05) is 5.18 Å². The average Bonchev–Trinajstić information content (AvgIpc) is 2.19. The van der Waals surface area contributed by atoms with E-state index in [0.717, 1.165) is 13.0 Å². The molecule has 0 aromatic carbocycles. The highest BCUT2D eigenvalue weighted by Crippen LogP contribution is 2.03. The molecule has 0 radical (unpaired) electrons. The zero-order chi connectivity index (χ0) is 5.82. The highest BCUT2D eigenvalue weighted by atomic mass is 16.3. The third kappa shape index (κ3) is 1.26. The lowest BCUT2D eigenvalue weighted by Gasteiger charge is -2.00. The van der Waals surface area contributed by atoms with Crippen molar-refractivity contribution in [3.05, 3.63) is 4.91 Å². The van der Waals surface area contributed by atoms with Crippen LogP contribution in [-0.2, 0) is 0 Å². The van der Waals surface area contributed by atoms with E-state index in [2.05, 4.69) is 10.5 Å². The maximum atomic E-state index is 9.67. The lowest BCUT2D eigenvalue weighted by molar-refractivity contribution is 0.616. The Hall–Kier alpha value is -0.440. The molecule has 1 atom stereocenters. The molecular weight excluding hydrogens is 104 g/mol. The molecule has 0 aromatic rings. The first-order valence-corrected chi connectivity index (χ1v) is 2.96. The van der Waals surface area contributed by atoms with Crippen molar-refractivity contribution in [2.24, 2.45) is 5.18 Å². The minimum Gasteiger partial charge on any atom is -0.312 e. The predicted octanol–water partition coefficient (Wildman–Crippen LogP) is 0.505. The monoisotopic (exact) mass is 114 g/mol. The fourth-order valence-electron chi connectivity index (χ4n) is 1.00. The molecule has 0 aliphatic carbocycles. The van der Waals surface area contributed by atoms with E-state index >= 15 is 0 Å². The molecule has 1 rings (SSSR count).